The Morgan fingerprint density at radius 2 is 1.88 bits per heavy atom. The second-order valence-electron chi connectivity index (χ2n) is 4.94. The molecule has 1 N–H and O–H groups in total. The third-order valence-corrected chi connectivity index (χ3v) is 3.10. The summed E-state index contributed by atoms with van der Waals surface area (Å²) in [7, 11) is 1.73. The Labute approximate surface area is 103 Å². The van der Waals surface area contributed by atoms with E-state index in [2.05, 4.69) is 26.1 Å². The van der Waals surface area contributed by atoms with Gasteiger partial charge in [0.1, 0.15) is 5.82 Å². The highest BCUT2D eigenvalue weighted by Crippen LogP contribution is 2.15. The van der Waals surface area contributed by atoms with Crippen molar-refractivity contribution in [3.8, 4) is 0 Å². The molecule has 96 valence electrons. The SMILES string of the molecule is COC(C)(C)CCNC(C)c1ccc(F)cc1. The molecule has 1 rings (SSSR count). The highest BCUT2D eigenvalue weighted by atomic mass is 19.1. The number of rotatable bonds is 6. The van der Waals surface area contributed by atoms with Gasteiger partial charge >= 0.3 is 0 Å². The molecule has 0 aliphatic rings. The minimum atomic E-state index is -0.193. The van der Waals surface area contributed by atoms with Gasteiger partial charge < -0.3 is 10.1 Å². The first-order valence-corrected chi connectivity index (χ1v) is 5.98. The third kappa shape index (κ3) is 4.84. The molecule has 3 heteroatoms. The quantitative estimate of drug-likeness (QED) is 0.822. The first kappa shape index (κ1) is 14.1. The average molecular weight is 239 g/mol. The van der Waals surface area contributed by atoms with Crippen molar-refractivity contribution in [2.75, 3.05) is 13.7 Å². The van der Waals surface area contributed by atoms with E-state index < -0.39 is 0 Å². The summed E-state index contributed by atoms with van der Waals surface area (Å²) in [6, 6.07) is 6.84. The van der Waals surface area contributed by atoms with Crippen LogP contribution in [0.1, 0.15) is 38.8 Å². The van der Waals surface area contributed by atoms with Crippen LogP contribution in [0.25, 0.3) is 0 Å². The first-order valence-electron chi connectivity index (χ1n) is 5.98. The van der Waals surface area contributed by atoms with Gasteiger partial charge in [0.2, 0.25) is 0 Å². The lowest BCUT2D eigenvalue weighted by molar-refractivity contribution is 0.0154. The van der Waals surface area contributed by atoms with E-state index in [1.165, 1.54) is 12.1 Å². The van der Waals surface area contributed by atoms with Crippen molar-refractivity contribution in [1.82, 2.24) is 5.32 Å². The number of benzene rings is 1. The summed E-state index contributed by atoms with van der Waals surface area (Å²) in [6.07, 6.45) is 0.940. The number of nitrogens with one attached hydrogen (secondary N) is 1. The Bertz CT molecular complexity index is 335. The van der Waals surface area contributed by atoms with Crippen molar-refractivity contribution in [3.63, 3.8) is 0 Å². The van der Waals surface area contributed by atoms with Crippen LogP contribution in [0.5, 0.6) is 0 Å². The van der Waals surface area contributed by atoms with Crippen molar-refractivity contribution in [2.24, 2.45) is 0 Å². The molecule has 0 amide bonds. The predicted molar refractivity (Wildman–Crippen MR) is 68.5 cm³/mol. The summed E-state index contributed by atoms with van der Waals surface area (Å²) < 4.78 is 18.1. The molecule has 0 saturated heterocycles. The maximum Gasteiger partial charge on any atom is 0.123 e. The van der Waals surface area contributed by atoms with E-state index in [1.807, 2.05) is 12.1 Å². The largest absolute Gasteiger partial charge is 0.379 e. The van der Waals surface area contributed by atoms with Crippen molar-refractivity contribution in [3.05, 3.63) is 35.6 Å². The third-order valence-electron chi connectivity index (χ3n) is 3.10. The van der Waals surface area contributed by atoms with E-state index >= 15 is 0 Å². The molecule has 0 heterocycles. The van der Waals surface area contributed by atoms with Crippen LogP contribution in [-0.4, -0.2) is 19.3 Å². The van der Waals surface area contributed by atoms with Gasteiger partial charge in [-0.05, 0) is 51.4 Å². The zero-order valence-corrected chi connectivity index (χ0v) is 11.1. The van der Waals surface area contributed by atoms with E-state index in [4.69, 9.17) is 4.74 Å². The van der Waals surface area contributed by atoms with Crippen molar-refractivity contribution in [2.45, 2.75) is 38.8 Å². The molecule has 0 saturated carbocycles. The van der Waals surface area contributed by atoms with Gasteiger partial charge in [-0.3, -0.25) is 0 Å². The van der Waals surface area contributed by atoms with Crippen LogP contribution >= 0.6 is 0 Å². The highest BCUT2D eigenvalue weighted by molar-refractivity contribution is 5.19. The van der Waals surface area contributed by atoms with Crippen LogP contribution in [0, 0.1) is 5.82 Å². The van der Waals surface area contributed by atoms with Gasteiger partial charge in [-0.1, -0.05) is 12.1 Å². The Kier molecular flexibility index (Phi) is 5.09. The molecule has 17 heavy (non-hydrogen) atoms. The normalized spacial score (nSPS) is 13.7. The van der Waals surface area contributed by atoms with E-state index in [9.17, 15) is 4.39 Å². The molecule has 1 atom stereocenters. The van der Waals surface area contributed by atoms with Gasteiger partial charge in [0.05, 0.1) is 5.60 Å². The molecule has 0 aliphatic heterocycles. The molecule has 1 unspecified atom stereocenters. The van der Waals surface area contributed by atoms with Gasteiger partial charge in [0, 0.05) is 13.2 Å². The molecule has 0 aromatic heterocycles. The van der Waals surface area contributed by atoms with Crippen LogP contribution in [0.15, 0.2) is 24.3 Å². The van der Waals surface area contributed by atoms with Crippen LogP contribution < -0.4 is 5.32 Å². The molecule has 0 spiro atoms. The molecule has 0 fully saturated rings. The number of hydrogen-bond donors (Lipinski definition) is 1. The summed E-state index contributed by atoms with van der Waals surface area (Å²) in [6.45, 7) is 7.08. The topological polar surface area (TPSA) is 21.3 Å². The Morgan fingerprint density at radius 1 is 1.29 bits per heavy atom. The molecule has 1 aromatic carbocycles. The number of ether oxygens (including phenoxy) is 1. The average Bonchev–Trinajstić information content (AvgIpc) is 2.29. The van der Waals surface area contributed by atoms with Gasteiger partial charge in [-0.25, -0.2) is 4.39 Å². The first-order chi connectivity index (χ1) is 7.94. The maximum absolute atomic E-state index is 12.8. The zero-order chi connectivity index (χ0) is 12.9. The van der Waals surface area contributed by atoms with Gasteiger partial charge in [-0.15, -0.1) is 0 Å². The van der Waals surface area contributed by atoms with Crippen LogP contribution in [0.2, 0.25) is 0 Å². The zero-order valence-electron chi connectivity index (χ0n) is 11.1. The minimum Gasteiger partial charge on any atom is -0.379 e. The molecule has 1 aromatic rings. The fourth-order valence-corrected chi connectivity index (χ4v) is 1.56. The second kappa shape index (κ2) is 6.12. The molecule has 0 aliphatic carbocycles. The Hall–Kier alpha value is -0.930. The lowest BCUT2D eigenvalue weighted by Crippen LogP contribution is -2.30. The molecular weight excluding hydrogens is 217 g/mol. The number of halogens is 1. The van der Waals surface area contributed by atoms with E-state index in [1.54, 1.807) is 7.11 Å². The van der Waals surface area contributed by atoms with E-state index in [0.717, 1.165) is 18.5 Å². The standard InChI is InChI=1S/C14H22FNO/c1-11(12-5-7-13(15)8-6-12)16-10-9-14(2,3)17-4/h5-8,11,16H,9-10H2,1-4H3. The summed E-state index contributed by atoms with van der Waals surface area (Å²) in [5.74, 6) is -0.193. The van der Waals surface area contributed by atoms with Gasteiger partial charge in [0.15, 0.2) is 0 Å². The van der Waals surface area contributed by atoms with Crippen molar-refractivity contribution < 1.29 is 9.13 Å². The van der Waals surface area contributed by atoms with Crippen molar-refractivity contribution >= 4 is 0 Å². The van der Waals surface area contributed by atoms with Crippen LogP contribution in [0.4, 0.5) is 4.39 Å². The number of hydrogen-bond acceptors (Lipinski definition) is 2. The Balaban J connectivity index is 2.40. The fraction of sp³-hybridized carbons (Fsp3) is 0.571. The molecule has 0 radical (unpaired) electrons. The summed E-state index contributed by atoms with van der Waals surface area (Å²) in [5.41, 5.74) is 0.997. The van der Waals surface area contributed by atoms with E-state index in [-0.39, 0.29) is 17.5 Å². The molecular formula is C14H22FNO. The predicted octanol–water partition coefficient (Wildman–Crippen LogP) is 3.29. The summed E-state index contributed by atoms with van der Waals surface area (Å²) >= 11 is 0. The monoisotopic (exact) mass is 239 g/mol. The Morgan fingerprint density at radius 3 is 2.41 bits per heavy atom. The van der Waals surface area contributed by atoms with Gasteiger partial charge in [-0.2, -0.15) is 0 Å². The lowest BCUT2D eigenvalue weighted by Gasteiger charge is -2.24. The summed E-state index contributed by atoms with van der Waals surface area (Å²) in [5, 5.41) is 3.41. The number of methoxy groups -OCH3 is 1. The van der Waals surface area contributed by atoms with Crippen LogP contribution in [0.3, 0.4) is 0 Å². The minimum absolute atomic E-state index is 0.102. The molecule has 2 nitrogen and oxygen atoms in total. The smallest absolute Gasteiger partial charge is 0.123 e. The summed E-state index contributed by atoms with van der Waals surface area (Å²) in [4.78, 5) is 0. The molecule has 0 bridgehead atoms. The fourth-order valence-electron chi connectivity index (χ4n) is 1.56. The van der Waals surface area contributed by atoms with Crippen LogP contribution in [-0.2, 0) is 4.74 Å². The highest BCUT2D eigenvalue weighted by Gasteiger charge is 2.16. The second-order valence-corrected chi connectivity index (χ2v) is 4.94. The lowest BCUT2D eigenvalue weighted by atomic mass is 10.0. The van der Waals surface area contributed by atoms with Gasteiger partial charge in [0.25, 0.3) is 0 Å². The van der Waals surface area contributed by atoms with Crippen molar-refractivity contribution in [1.29, 1.82) is 0 Å². The maximum atomic E-state index is 12.8. The van der Waals surface area contributed by atoms with E-state index in [0.29, 0.717) is 0 Å².